The third kappa shape index (κ3) is 4.94. The summed E-state index contributed by atoms with van der Waals surface area (Å²) >= 11 is 0. The van der Waals surface area contributed by atoms with Gasteiger partial charge in [0.1, 0.15) is 0 Å². The fraction of sp³-hybridized carbons (Fsp3) is 0.917. The van der Waals surface area contributed by atoms with Crippen LogP contribution in [-0.4, -0.2) is 50.7 Å². The van der Waals surface area contributed by atoms with Gasteiger partial charge in [0.25, 0.3) is 0 Å². The Bertz CT molecular complexity index is 203. The molecule has 1 fully saturated rings. The summed E-state index contributed by atoms with van der Waals surface area (Å²) in [6.45, 7) is 2.50. The lowest BCUT2D eigenvalue weighted by Crippen LogP contribution is -2.38. The van der Waals surface area contributed by atoms with Gasteiger partial charge in [-0.1, -0.05) is 6.42 Å². The lowest BCUT2D eigenvalue weighted by Gasteiger charge is -2.26. The van der Waals surface area contributed by atoms with E-state index in [-0.39, 0.29) is 5.91 Å². The molecule has 0 spiro atoms. The Balaban J connectivity index is 2.12. The van der Waals surface area contributed by atoms with E-state index in [9.17, 15) is 4.79 Å². The highest BCUT2D eigenvalue weighted by Gasteiger charge is 2.14. The predicted octanol–water partition coefficient (Wildman–Crippen LogP) is 1.01. The van der Waals surface area contributed by atoms with E-state index in [2.05, 4.69) is 5.32 Å². The second-order valence-electron chi connectivity index (χ2n) is 4.49. The predicted molar refractivity (Wildman–Crippen MR) is 64.4 cm³/mol. The minimum atomic E-state index is 0.178. The van der Waals surface area contributed by atoms with Crippen LogP contribution in [0.5, 0.6) is 0 Å². The van der Waals surface area contributed by atoms with Crippen molar-refractivity contribution in [3.63, 3.8) is 0 Å². The zero-order chi connectivity index (χ0) is 11.8. The Labute approximate surface area is 98.3 Å². The zero-order valence-corrected chi connectivity index (χ0v) is 10.5. The zero-order valence-electron chi connectivity index (χ0n) is 10.5. The molecule has 0 aromatic rings. The normalized spacial score (nSPS) is 20.8. The van der Waals surface area contributed by atoms with E-state index in [4.69, 9.17) is 4.74 Å². The quantitative estimate of drug-likeness (QED) is 0.738. The van der Waals surface area contributed by atoms with Crippen LogP contribution in [0.3, 0.4) is 0 Å². The molecule has 1 N–H and O–H groups in total. The SMILES string of the molecule is COCCC(=O)N(C)CCC1CCCCN1. The second-order valence-corrected chi connectivity index (χ2v) is 4.49. The molecule has 1 atom stereocenters. The number of carbonyl (C=O) groups excluding carboxylic acids is 1. The number of methoxy groups -OCH3 is 1. The monoisotopic (exact) mass is 228 g/mol. The van der Waals surface area contributed by atoms with Crippen LogP contribution < -0.4 is 5.32 Å². The Morgan fingerprint density at radius 2 is 2.31 bits per heavy atom. The highest BCUT2D eigenvalue weighted by molar-refractivity contribution is 5.75. The van der Waals surface area contributed by atoms with Crippen molar-refractivity contribution in [1.29, 1.82) is 0 Å². The standard InChI is InChI=1S/C12H24N2O2/c1-14(12(15)7-10-16-2)9-6-11-5-3-4-8-13-11/h11,13H,3-10H2,1-2H3. The van der Waals surface area contributed by atoms with Crippen LogP contribution in [-0.2, 0) is 9.53 Å². The maximum absolute atomic E-state index is 11.6. The van der Waals surface area contributed by atoms with Gasteiger partial charge < -0.3 is 15.0 Å². The van der Waals surface area contributed by atoms with Crippen molar-refractivity contribution in [2.45, 2.75) is 38.1 Å². The molecule has 0 aliphatic carbocycles. The third-order valence-corrected chi connectivity index (χ3v) is 3.17. The molecule has 16 heavy (non-hydrogen) atoms. The molecule has 0 radical (unpaired) electrons. The topological polar surface area (TPSA) is 41.6 Å². The average molecular weight is 228 g/mol. The lowest BCUT2D eigenvalue weighted by atomic mass is 10.0. The Kier molecular flexibility index (Phi) is 6.42. The molecule has 1 amide bonds. The summed E-state index contributed by atoms with van der Waals surface area (Å²) in [5.41, 5.74) is 0. The van der Waals surface area contributed by atoms with Crippen LogP contribution >= 0.6 is 0 Å². The van der Waals surface area contributed by atoms with Crippen molar-refractivity contribution >= 4 is 5.91 Å². The van der Waals surface area contributed by atoms with Crippen LogP contribution in [0.2, 0.25) is 0 Å². The van der Waals surface area contributed by atoms with Gasteiger partial charge in [0.2, 0.25) is 5.91 Å². The summed E-state index contributed by atoms with van der Waals surface area (Å²) in [6.07, 6.45) is 5.42. The van der Waals surface area contributed by atoms with Crippen molar-refractivity contribution in [2.24, 2.45) is 0 Å². The first-order valence-corrected chi connectivity index (χ1v) is 6.20. The van der Waals surface area contributed by atoms with Gasteiger partial charge >= 0.3 is 0 Å². The van der Waals surface area contributed by atoms with E-state index >= 15 is 0 Å². The highest BCUT2D eigenvalue weighted by atomic mass is 16.5. The number of hydrogen-bond acceptors (Lipinski definition) is 3. The molecule has 0 aromatic heterocycles. The van der Waals surface area contributed by atoms with Crippen LogP contribution in [0.15, 0.2) is 0 Å². The van der Waals surface area contributed by atoms with Gasteiger partial charge in [-0.3, -0.25) is 4.79 Å². The number of rotatable bonds is 6. The van der Waals surface area contributed by atoms with Crippen molar-refractivity contribution < 1.29 is 9.53 Å². The maximum atomic E-state index is 11.6. The summed E-state index contributed by atoms with van der Waals surface area (Å²) in [7, 11) is 3.50. The van der Waals surface area contributed by atoms with E-state index in [1.165, 1.54) is 19.3 Å². The van der Waals surface area contributed by atoms with Gasteiger partial charge in [0.05, 0.1) is 13.0 Å². The van der Waals surface area contributed by atoms with Crippen molar-refractivity contribution in [2.75, 3.05) is 33.9 Å². The molecule has 0 aromatic carbocycles. The van der Waals surface area contributed by atoms with Crippen LogP contribution in [0.1, 0.15) is 32.1 Å². The molecule has 1 rings (SSSR count). The van der Waals surface area contributed by atoms with Crippen LogP contribution in [0, 0.1) is 0 Å². The third-order valence-electron chi connectivity index (χ3n) is 3.17. The molecule has 1 heterocycles. The number of nitrogens with one attached hydrogen (secondary N) is 1. The Hall–Kier alpha value is -0.610. The number of amides is 1. The minimum absolute atomic E-state index is 0.178. The molecule has 1 aliphatic heterocycles. The van der Waals surface area contributed by atoms with Crippen molar-refractivity contribution in [3.05, 3.63) is 0 Å². The van der Waals surface area contributed by atoms with Crippen molar-refractivity contribution in [1.82, 2.24) is 10.2 Å². The van der Waals surface area contributed by atoms with Gasteiger partial charge in [-0.05, 0) is 25.8 Å². The van der Waals surface area contributed by atoms with Crippen molar-refractivity contribution in [3.8, 4) is 0 Å². The van der Waals surface area contributed by atoms with Gasteiger partial charge in [-0.15, -0.1) is 0 Å². The molecule has 0 bridgehead atoms. The molecule has 0 saturated carbocycles. The molecular weight excluding hydrogens is 204 g/mol. The first kappa shape index (κ1) is 13.5. The van der Waals surface area contributed by atoms with E-state index in [0.717, 1.165) is 19.5 Å². The molecule has 4 nitrogen and oxygen atoms in total. The Morgan fingerprint density at radius 3 is 2.94 bits per heavy atom. The van der Waals surface area contributed by atoms with Gasteiger partial charge in [-0.25, -0.2) is 0 Å². The second kappa shape index (κ2) is 7.63. The molecule has 94 valence electrons. The van der Waals surface area contributed by atoms with Gasteiger partial charge in [0, 0.05) is 26.7 Å². The Morgan fingerprint density at radius 1 is 1.50 bits per heavy atom. The average Bonchev–Trinajstić information content (AvgIpc) is 2.34. The summed E-state index contributed by atoms with van der Waals surface area (Å²) in [5.74, 6) is 0.178. The number of carbonyl (C=O) groups is 1. The molecule has 1 saturated heterocycles. The van der Waals surface area contributed by atoms with E-state index in [1.807, 2.05) is 11.9 Å². The minimum Gasteiger partial charge on any atom is -0.384 e. The fourth-order valence-electron chi connectivity index (χ4n) is 2.02. The number of ether oxygens (including phenoxy) is 1. The number of hydrogen-bond donors (Lipinski definition) is 1. The van der Waals surface area contributed by atoms with Gasteiger partial charge in [0.15, 0.2) is 0 Å². The molecule has 1 unspecified atom stereocenters. The maximum Gasteiger partial charge on any atom is 0.224 e. The molecular formula is C12H24N2O2. The highest BCUT2D eigenvalue weighted by Crippen LogP contribution is 2.10. The first-order valence-electron chi connectivity index (χ1n) is 6.20. The fourth-order valence-corrected chi connectivity index (χ4v) is 2.02. The lowest BCUT2D eigenvalue weighted by molar-refractivity contribution is -0.130. The van der Waals surface area contributed by atoms with Crippen LogP contribution in [0.25, 0.3) is 0 Å². The van der Waals surface area contributed by atoms with Gasteiger partial charge in [-0.2, -0.15) is 0 Å². The number of nitrogens with zero attached hydrogens (tertiary/aromatic N) is 1. The number of piperidine rings is 1. The molecule has 1 aliphatic rings. The summed E-state index contributed by atoms with van der Waals surface area (Å²) < 4.78 is 4.90. The largest absolute Gasteiger partial charge is 0.384 e. The van der Waals surface area contributed by atoms with Crippen LogP contribution in [0.4, 0.5) is 0 Å². The summed E-state index contributed by atoms with van der Waals surface area (Å²) in [4.78, 5) is 13.4. The van der Waals surface area contributed by atoms with E-state index in [0.29, 0.717) is 19.1 Å². The smallest absolute Gasteiger partial charge is 0.224 e. The van der Waals surface area contributed by atoms with E-state index in [1.54, 1.807) is 7.11 Å². The first-order chi connectivity index (χ1) is 7.74. The molecule has 4 heteroatoms. The summed E-state index contributed by atoms with van der Waals surface area (Å²) in [5, 5.41) is 3.49. The van der Waals surface area contributed by atoms with E-state index < -0.39 is 0 Å². The summed E-state index contributed by atoms with van der Waals surface area (Å²) in [6, 6.07) is 0.603.